The maximum absolute atomic E-state index is 11.6. The van der Waals surface area contributed by atoms with Crippen molar-refractivity contribution in [3.8, 4) is 103 Å². The van der Waals surface area contributed by atoms with Crippen LogP contribution in [-0.4, -0.2) is 41.3 Å². The fraction of sp³-hybridized carbons (Fsp3) is 0. The van der Waals surface area contributed by atoms with E-state index in [4.69, 9.17) is 24.9 Å². The van der Waals surface area contributed by atoms with Gasteiger partial charge in [0.05, 0.1) is 51.4 Å². The molecule has 0 saturated heterocycles. The number of phenolic OH excluding ortho intramolecular Hbond substituents is 1. The van der Waals surface area contributed by atoms with Gasteiger partial charge in [-0.15, -0.1) is 0 Å². The molecule has 432 valence electrons. The minimum atomic E-state index is -0.249. The zero-order valence-corrected chi connectivity index (χ0v) is 49.7. The quantitative estimate of drug-likeness (QED) is 0.131. The highest BCUT2D eigenvalue weighted by atomic mass is 16.3. The van der Waals surface area contributed by atoms with Crippen LogP contribution < -0.4 is 26.2 Å². The summed E-state index contributed by atoms with van der Waals surface area (Å²) in [4.78, 5) is 31.1. The van der Waals surface area contributed by atoms with Gasteiger partial charge in [0.1, 0.15) is 5.75 Å². The van der Waals surface area contributed by atoms with Crippen molar-refractivity contribution in [3.63, 3.8) is 0 Å². The van der Waals surface area contributed by atoms with Crippen molar-refractivity contribution in [3.05, 3.63) is 302 Å². The number of benzene rings is 12. The number of aromatic hydroxyl groups is 1. The monoisotopic (exact) mass is 1190 g/mol. The lowest BCUT2D eigenvalue weighted by Gasteiger charge is -2.44. The zero-order chi connectivity index (χ0) is 62.1. The van der Waals surface area contributed by atoms with Crippen LogP contribution in [0.3, 0.4) is 0 Å². The molecule has 3 aromatic heterocycles. The van der Waals surface area contributed by atoms with Crippen molar-refractivity contribution in [1.82, 2.24) is 29.5 Å². The second-order valence-corrected chi connectivity index (χ2v) is 23.2. The third-order valence-electron chi connectivity index (χ3n) is 17.7. The third-order valence-corrected chi connectivity index (χ3v) is 17.7. The second-order valence-electron chi connectivity index (χ2n) is 23.2. The van der Waals surface area contributed by atoms with Crippen molar-refractivity contribution in [2.24, 2.45) is 0 Å². The fourth-order valence-corrected chi connectivity index (χ4v) is 13.5. The molecule has 0 amide bonds. The van der Waals surface area contributed by atoms with Crippen molar-refractivity contribution >= 4 is 79.0 Å². The molecule has 0 spiro atoms. The van der Waals surface area contributed by atoms with Crippen LogP contribution in [0.1, 0.15) is 11.1 Å². The molecule has 0 fully saturated rings. The van der Waals surface area contributed by atoms with Crippen molar-refractivity contribution in [1.29, 1.82) is 10.5 Å². The number of fused-ring (bicyclic) bond motifs is 7. The molecule has 17 rings (SSSR count). The molecular weight excluding hydrogens is 1140 g/mol. The summed E-state index contributed by atoms with van der Waals surface area (Å²) in [5.74, 6) is 2.10. The van der Waals surface area contributed by atoms with E-state index in [1.807, 2.05) is 176 Å². The Morgan fingerprint density at radius 1 is 0.323 bits per heavy atom. The molecule has 12 heteroatoms. The van der Waals surface area contributed by atoms with E-state index in [1.54, 1.807) is 6.07 Å². The molecule has 1 N–H and O–H groups in total. The molecule has 12 aromatic carbocycles. The minimum Gasteiger partial charge on any atom is -0.508 e. The van der Waals surface area contributed by atoms with Crippen molar-refractivity contribution in [2.75, 3.05) is 9.80 Å². The summed E-state index contributed by atoms with van der Waals surface area (Å²) in [5, 5.41) is 34.3. The highest BCUT2D eigenvalue weighted by Crippen LogP contribution is 2.48. The second kappa shape index (κ2) is 22.2. The van der Waals surface area contributed by atoms with Crippen molar-refractivity contribution in [2.45, 2.75) is 0 Å². The number of hydrogen-bond acceptors (Lipinski definition) is 10. The molecule has 5 heterocycles. The van der Waals surface area contributed by atoms with Crippen LogP contribution in [-0.2, 0) is 0 Å². The first kappa shape index (κ1) is 54.2. The first-order chi connectivity index (χ1) is 45.9. The molecule has 0 bridgehead atoms. The van der Waals surface area contributed by atoms with Gasteiger partial charge in [-0.2, -0.15) is 10.5 Å². The molecule has 93 heavy (non-hydrogen) atoms. The average molecular weight is 1190 g/mol. The average Bonchev–Trinajstić information content (AvgIpc) is 0.840. The van der Waals surface area contributed by atoms with E-state index in [0.29, 0.717) is 40.0 Å². The van der Waals surface area contributed by atoms with Crippen LogP contribution in [0, 0.1) is 22.7 Å². The third kappa shape index (κ3) is 9.33. The first-order valence-electron chi connectivity index (χ1n) is 30.7. The van der Waals surface area contributed by atoms with Gasteiger partial charge in [0.15, 0.2) is 23.3 Å². The molecule has 11 nitrogen and oxygen atoms in total. The Balaban J connectivity index is 0.917. The number of aromatic nitrogens is 6. The van der Waals surface area contributed by atoms with Crippen LogP contribution in [0.15, 0.2) is 291 Å². The standard InChI is InChI=1S/C81H49BN10O/c83-49-51-31-36-66-73(41-51)90(60-27-15-5-16-28-60)75-45-59(46-76-77(75)82(66)67-37-32-52(50-84)42-74(67)91(76)61-29-17-6-18-30-61)57-33-38-70-63(43-57)64-47-62(93)35-40-71(64)92(70)72-39-34-58(80-85-68(53-19-7-1-8-20-53)48-69(86-80)54-21-9-2-10-22-54)44-65(72)81-88-78(55-23-11-3-12-24-55)87-79(89-81)56-25-13-4-14-26-56/h1-48,93H. The van der Waals surface area contributed by atoms with Crippen LogP contribution in [0.4, 0.5) is 34.1 Å². The van der Waals surface area contributed by atoms with Gasteiger partial charge in [0.2, 0.25) is 0 Å². The number of nitriles is 2. The van der Waals surface area contributed by atoms with Gasteiger partial charge >= 0.3 is 0 Å². The Morgan fingerprint density at radius 3 is 1.27 bits per heavy atom. The topological polar surface area (TPSA) is 144 Å². The Morgan fingerprint density at radius 2 is 0.763 bits per heavy atom. The van der Waals surface area contributed by atoms with Crippen LogP contribution in [0.5, 0.6) is 5.75 Å². The van der Waals surface area contributed by atoms with Gasteiger partial charge in [0.25, 0.3) is 6.71 Å². The molecule has 2 aliphatic rings. The van der Waals surface area contributed by atoms with Crippen LogP contribution in [0.25, 0.3) is 107 Å². The number of phenols is 1. The lowest BCUT2D eigenvalue weighted by molar-refractivity contribution is 0.476. The van der Waals surface area contributed by atoms with E-state index in [9.17, 15) is 15.6 Å². The molecule has 0 unspecified atom stereocenters. The van der Waals surface area contributed by atoms with Gasteiger partial charge in [-0.3, -0.25) is 0 Å². The summed E-state index contributed by atoms with van der Waals surface area (Å²) < 4.78 is 2.24. The molecule has 0 saturated carbocycles. The Kier molecular flexibility index (Phi) is 12.9. The number of hydrogen-bond donors (Lipinski definition) is 1. The van der Waals surface area contributed by atoms with Crippen molar-refractivity contribution < 1.29 is 5.11 Å². The summed E-state index contributed by atoms with van der Waals surface area (Å²) in [6, 6.07) is 103. The van der Waals surface area contributed by atoms with E-state index in [-0.39, 0.29) is 12.5 Å². The van der Waals surface area contributed by atoms with Gasteiger partial charge < -0.3 is 19.5 Å². The SMILES string of the molecule is N#Cc1ccc2c(c1)N(c1ccccc1)c1cc(-c3ccc4c(c3)c3cc(O)ccc3n4-c3ccc(-c4nc(-c5ccccc5)cc(-c5ccccc5)n4)cc3-c3nc(-c4ccccc4)nc(-c4ccccc4)n3)cc3c1B2c1ccc(C#N)cc1N3c1ccccc1. The molecule has 2 aliphatic heterocycles. The molecular formula is C81H49BN10O. The maximum Gasteiger partial charge on any atom is 0.252 e. The summed E-state index contributed by atoms with van der Waals surface area (Å²) in [5.41, 5.74) is 20.8. The van der Waals surface area contributed by atoms with Crippen LogP contribution >= 0.6 is 0 Å². The predicted molar refractivity (Wildman–Crippen MR) is 373 cm³/mol. The highest BCUT2D eigenvalue weighted by Gasteiger charge is 2.44. The number of para-hydroxylation sites is 2. The molecule has 0 radical (unpaired) electrons. The maximum atomic E-state index is 11.6. The highest BCUT2D eigenvalue weighted by molar-refractivity contribution is 7.00. The van der Waals surface area contributed by atoms with Crippen LogP contribution in [0.2, 0.25) is 0 Å². The summed E-state index contributed by atoms with van der Waals surface area (Å²) in [7, 11) is 0. The summed E-state index contributed by atoms with van der Waals surface area (Å²) in [6.45, 7) is -0.249. The Hall–Kier alpha value is -13.0. The van der Waals surface area contributed by atoms with Gasteiger partial charge in [0, 0.05) is 78.3 Å². The summed E-state index contributed by atoms with van der Waals surface area (Å²) in [6.07, 6.45) is 0. The molecule has 0 atom stereocenters. The minimum absolute atomic E-state index is 0.122. The van der Waals surface area contributed by atoms with E-state index < -0.39 is 0 Å². The lowest BCUT2D eigenvalue weighted by atomic mass is 9.33. The fourth-order valence-electron chi connectivity index (χ4n) is 13.5. The van der Waals surface area contributed by atoms with E-state index in [1.165, 1.54) is 0 Å². The Labute approximate surface area is 536 Å². The normalized spacial score (nSPS) is 12.0. The number of rotatable bonds is 10. The summed E-state index contributed by atoms with van der Waals surface area (Å²) >= 11 is 0. The first-order valence-corrected chi connectivity index (χ1v) is 30.7. The van der Waals surface area contributed by atoms with Gasteiger partial charge in [-0.25, -0.2) is 24.9 Å². The van der Waals surface area contributed by atoms with Gasteiger partial charge in [-0.05, 0) is 143 Å². The van der Waals surface area contributed by atoms with E-state index in [2.05, 4.69) is 136 Å². The zero-order valence-electron chi connectivity index (χ0n) is 49.7. The number of anilines is 6. The van der Waals surface area contributed by atoms with Gasteiger partial charge in [-0.1, -0.05) is 176 Å². The Bertz CT molecular complexity index is 5320. The lowest BCUT2D eigenvalue weighted by Crippen LogP contribution is -2.61. The smallest absolute Gasteiger partial charge is 0.252 e. The largest absolute Gasteiger partial charge is 0.508 e. The van der Waals surface area contributed by atoms with E-state index >= 15 is 0 Å². The molecule has 15 aromatic rings. The molecule has 0 aliphatic carbocycles. The van der Waals surface area contributed by atoms with E-state index in [0.717, 1.165) is 128 Å². The predicted octanol–water partition coefficient (Wildman–Crippen LogP) is 17.0. The number of nitrogens with zero attached hydrogens (tertiary/aromatic N) is 10.